The Morgan fingerprint density at radius 3 is 2.44 bits per heavy atom. The van der Waals surface area contributed by atoms with Gasteiger partial charge in [-0.1, -0.05) is 17.7 Å². The lowest BCUT2D eigenvalue weighted by molar-refractivity contribution is -0.885. The highest BCUT2D eigenvalue weighted by atomic mass is 32.1. The molecule has 1 aromatic carbocycles. The summed E-state index contributed by atoms with van der Waals surface area (Å²) >= 11 is 1.48. The number of likely N-dealkylation sites (N-methyl/N-ethyl adjacent to an activating group) is 1. The van der Waals surface area contributed by atoms with E-state index in [1.807, 2.05) is 64.4 Å². The van der Waals surface area contributed by atoms with Crippen molar-refractivity contribution >= 4 is 28.8 Å². The summed E-state index contributed by atoms with van der Waals surface area (Å²) in [6.45, 7) is 8.94. The molecule has 1 atom stereocenters. The molecule has 0 fully saturated rings. The summed E-state index contributed by atoms with van der Waals surface area (Å²) in [5, 5.41) is 8.59. The zero-order valence-corrected chi connectivity index (χ0v) is 17.5. The van der Waals surface area contributed by atoms with Crippen molar-refractivity contribution in [3.63, 3.8) is 0 Å². The maximum atomic E-state index is 12.2. The number of amides is 2. The molecule has 27 heavy (non-hydrogen) atoms. The van der Waals surface area contributed by atoms with Crippen molar-refractivity contribution in [2.24, 2.45) is 0 Å². The molecule has 7 heteroatoms. The lowest BCUT2D eigenvalue weighted by atomic mass is 10.1. The van der Waals surface area contributed by atoms with Crippen LogP contribution >= 0.6 is 11.3 Å². The third-order valence-corrected chi connectivity index (χ3v) is 4.60. The van der Waals surface area contributed by atoms with Crippen LogP contribution in [-0.4, -0.2) is 35.9 Å². The molecule has 2 rings (SSSR count). The van der Waals surface area contributed by atoms with Gasteiger partial charge in [0.25, 0.3) is 5.91 Å². The van der Waals surface area contributed by atoms with Crippen LogP contribution in [0.5, 0.6) is 0 Å². The molecule has 0 spiro atoms. The van der Waals surface area contributed by atoms with E-state index in [-0.39, 0.29) is 23.8 Å². The van der Waals surface area contributed by atoms with Crippen molar-refractivity contribution in [3.8, 4) is 0 Å². The van der Waals surface area contributed by atoms with E-state index in [4.69, 9.17) is 0 Å². The quantitative estimate of drug-likeness (QED) is 0.673. The summed E-state index contributed by atoms with van der Waals surface area (Å²) in [5.74, 6) is -0.0575. The maximum Gasteiger partial charge on any atom is 0.275 e. The first-order valence-corrected chi connectivity index (χ1v) is 9.91. The van der Waals surface area contributed by atoms with Gasteiger partial charge in [-0.25, -0.2) is 4.98 Å². The van der Waals surface area contributed by atoms with Gasteiger partial charge in [0.1, 0.15) is 17.2 Å². The number of aryl methyl sites for hydroxylation is 1. The molecule has 6 nitrogen and oxygen atoms in total. The summed E-state index contributed by atoms with van der Waals surface area (Å²) in [6.07, 6.45) is 0.252. The zero-order valence-electron chi connectivity index (χ0n) is 16.7. The van der Waals surface area contributed by atoms with Gasteiger partial charge in [0, 0.05) is 16.6 Å². The Hall–Kier alpha value is -2.25. The van der Waals surface area contributed by atoms with Crippen LogP contribution in [0, 0.1) is 6.92 Å². The van der Waals surface area contributed by atoms with Gasteiger partial charge in [-0.15, -0.1) is 11.3 Å². The number of rotatable bonds is 7. The van der Waals surface area contributed by atoms with Gasteiger partial charge in [-0.2, -0.15) is 0 Å². The Labute approximate surface area is 165 Å². The first-order chi connectivity index (χ1) is 12.6. The highest BCUT2D eigenvalue weighted by molar-refractivity contribution is 7.09. The predicted molar refractivity (Wildman–Crippen MR) is 109 cm³/mol. The number of nitrogens with zero attached hydrogens (tertiary/aromatic N) is 1. The Balaban J connectivity index is 1.82. The number of nitrogens with one attached hydrogen (secondary N) is 3. The number of quaternary nitrogens is 1. The molecule has 2 amide bonds. The van der Waals surface area contributed by atoms with E-state index in [2.05, 4.69) is 15.6 Å². The number of aromatic nitrogens is 1. The molecule has 0 saturated carbocycles. The lowest BCUT2D eigenvalue weighted by Crippen LogP contribution is -3.09. The maximum absolute atomic E-state index is 12.2. The fourth-order valence-electron chi connectivity index (χ4n) is 2.60. The largest absolute Gasteiger partial charge is 0.347 e. The number of hydrogen-bond acceptors (Lipinski definition) is 4. The molecule has 0 saturated heterocycles. The van der Waals surface area contributed by atoms with Crippen molar-refractivity contribution in [2.45, 2.75) is 46.2 Å². The fraction of sp³-hybridized carbons (Fsp3) is 0.450. The minimum absolute atomic E-state index is 0.0212. The topological polar surface area (TPSA) is 75.5 Å². The van der Waals surface area contributed by atoms with Crippen LogP contribution in [0.15, 0.2) is 29.6 Å². The summed E-state index contributed by atoms with van der Waals surface area (Å²) in [5.41, 5.74) is 2.62. The second-order valence-corrected chi connectivity index (χ2v) is 8.88. The van der Waals surface area contributed by atoms with Gasteiger partial charge in [0.15, 0.2) is 6.54 Å². The van der Waals surface area contributed by atoms with Gasteiger partial charge in [0.05, 0.1) is 13.5 Å². The van der Waals surface area contributed by atoms with Gasteiger partial charge < -0.3 is 15.5 Å². The van der Waals surface area contributed by atoms with Crippen molar-refractivity contribution in [1.82, 2.24) is 10.3 Å². The fourth-order valence-corrected chi connectivity index (χ4v) is 3.39. The number of carbonyl (C=O) groups is 2. The van der Waals surface area contributed by atoms with Crippen molar-refractivity contribution in [3.05, 3.63) is 45.9 Å². The molecular weight excluding hydrogens is 360 g/mol. The Morgan fingerprint density at radius 1 is 1.15 bits per heavy atom. The molecule has 0 aliphatic carbocycles. The van der Waals surface area contributed by atoms with E-state index < -0.39 is 0 Å². The molecule has 3 N–H and O–H groups in total. The second kappa shape index (κ2) is 9.10. The average Bonchev–Trinajstić information content (AvgIpc) is 2.94. The van der Waals surface area contributed by atoms with Crippen LogP contribution in [0.1, 0.15) is 37.0 Å². The van der Waals surface area contributed by atoms with Gasteiger partial charge in [0.2, 0.25) is 5.91 Å². The first kappa shape index (κ1) is 21.1. The lowest BCUT2D eigenvalue weighted by Gasteiger charge is -2.21. The third-order valence-electron chi connectivity index (χ3n) is 3.71. The first-order valence-electron chi connectivity index (χ1n) is 9.03. The predicted octanol–water partition coefficient (Wildman–Crippen LogP) is 1.56. The SMILES string of the molecule is Cc1ccc(NC(=O)Cc2nc(C[NH+](C)CC(=O)NC(C)(C)C)cs2)cc1. The normalized spacial score (nSPS) is 12.5. The third kappa shape index (κ3) is 7.88. The van der Waals surface area contributed by atoms with E-state index in [9.17, 15) is 9.59 Å². The van der Waals surface area contributed by atoms with Crippen LogP contribution in [-0.2, 0) is 22.6 Å². The Kier molecular flexibility index (Phi) is 7.10. The molecule has 0 aliphatic rings. The number of anilines is 1. The minimum Gasteiger partial charge on any atom is -0.347 e. The highest BCUT2D eigenvalue weighted by Gasteiger charge is 2.18. The highest BCUT2D eigenvalue weighted by Crippen LogP contribution is 2.12. The molecule has 0 bridgehead atoms. The van der Waals surface area contributed by atoms with E-state index in [1.54, 1.807) is 0 Å². The zero-order chi connectivity index (χ0) is 20.0. The molecule has 0 aliphatic heterocycles. The van der Waals surface area contributed by atoms with Crippen LogP contribution in [0.3, 0.4) is 0 Å². The Bertz CT molecular complexity index is 778. The van der Waals surface area contributed by atoms with Gasteiger partial charge in [-0.05, 0) is 39.8 Å². The number of carbonyl (C=O) groups excluding carboxylic acids is 2. The number of hydrogen-bond donors (Lipinski definition) is 3. The summed E-state index contributed by atoms with van der Waals surface area (Å²) < 4.78 is 0. The summed E-state index contributed by atoms with van der Waals surface area (Å²) in [6, 6.07) is 7.71. The summed E-state index contributed by atoms with van der Waals surface area (Å²) in [7, 11) is 1.96. The Morgan fingerprint density at radius 2 is 1.81 bits per heavy atom. The van der Waals surface area contributed by atoms with Gasteiger partial charge >= 0.3 is 0 Å². The standard InChI is InChI=1S/C20H28N4O2S/c1-14-6-8-15(9-7-14)21-17(25)10-19-22-16(13-27-19)11-24(5)12-18(26)23-20(2,3)4/h6-9,13H,10-12H2,1-5H3,(H,21,25)(H,23,26)/p+1. The van der Waals surface area contributed by atoms with E-state index >= 15 is 0 Å². The molecule has 0 radical (unpaired) electrons. The molecule has 146 valence electrons. The number of thiazole rings is 1. The van der Waals surface area contributed by atoms with Gasteiger partial charge in [-0.3, -0.25) is 9.59 Å². The van der Waals surface area contributed by atoms with Crippen LogP contribution < -0.4 is 15.5 Å². The molecule has 1 heterocycles. The average molecular weight is 390 g/mol. The van der Waals surface area contributed by atoms with Crippen molar-refractivity contribution < 1.29 is 14.5 Å². The molecule has 1 unspecified atom stereocenters. The molecular formula is C20H29N4O2S+. The van der Waals surface area contributed by atoms with E-state index in [0.717, 1.165) is 26.9 Å². The minimum atomic E-state index is -0.226. The number of benzene rings is 1. The second-order valence-electron chi connectivity index (χ2n) is 7.93. The van der Waals surface area contributed by atoms with E-state index in [0.29, 0.717) is 13.1 Å². The molecule has 2 aromatic rings. The van der Waals surface area contributed by atoms with Crippen LogP contribution in [0.4, 0.5) is 5.69 Å². The smallest absolute Gasteiger partial charge is 0.275 e. The monoisotopic (exact) mass is 389 g/mol. The van der Waals surface area contributed by atoms with Crippen molar-refractivity contribution in [1.29, 1.82) is 0 Å². The molecule has 1 aromatic heterocycles. The summed E-state index contributed by atoms with van der Waals surface area (Å²) in [4.78, 5) is 29.8. The van der Waals surface area contributed by atoms with Crippen molar-refractivity contribution in [2.75, 3.05) is 18.9 Å². The van der Waals surface area contributed by atoms with Crippen LogP contribution in [0.2, 0.25) is 0 Å². The van der Waals surface area contributed by atoms with E-state index in [1.165, 1.54) is 11.3 Å². The van der Waals surface area contributed by atoms with Crippen LogP contribution in [0.25, 0.3) is 0 Å².